The quantitative estimate of drug-likeness (QED) is 0.553. The van der Waals surface area contributed by atoms with Crippen LogP contribution in [0.5, 0.6) is 5.75 Å². The average Bonchev–Trinajstić information content (AvgIpc) is 3.22. The summed E-state index contributed by atoms with van der Waals surface area (Å²) in [6, 6.07) is 9.18. The molecule has 3 N–H and O–H groups in total. The number of carboxylic acids is 1. The molecule has 2 aromatic carbocycles. The summed E-state index contributed by atoms with van der Waals surface area (Å²) in [7, 11) is 0. The Labute approximate surface area is 204 Å². The Bertz CT molecular complexity index is 1250. The third-order valence-corrected chi connectivity index (χ3v) is 5.75. The van der Waals surface area contributed by atoms with E-state index >= 15 is 0 Å². The largest absolute Gasteiger partial charge is 0.573 e. The van der Waals surface area contributed by atoms with Gasteiger partial charge in [-0.3, -0.25) is 14.6 Å². The number of carbonyl (C=O) groups excluding carboxylic acids is 2. The number of piperazine rings is 1. The fraction of sp³-hybridized carbons (Fsp3) is 0.292. The van der Waals surface area contributed by atoms with E-state index in [-0.39, 0.29) is 29.7 Å². The van der Waals surface area contributed by atoms with Crippen molar-refractivity contribution < 1.29 is 37.4 Å². The molecule has 0 aromatic heterocycles. The van der Waals surface area contributed by atoms with Crippen molar-refractivity contribution in [3.63, 3.8) is 0 Å². The number of benzene rings is 2. The topological polar surface area (TPSA) is 111 Å². The molecule has 1 fully saturated rings. The van der Waals surface area contributed by atoms with Gasteiger partial charge in [0.1, 0.15) is 11.4 Å². The monoisotopic (exact) mass is 504 g/mol. The molecule has 9 nitrogen and oxygen atoms in total. The molecule has 0 saturated carbocycles. The van der Waals surface area contributed by atoms with Crippen LogP contribution in [-0.2, 0) is 16.1 Å². The maximum absolute atomic E-state index is 13.3. The number of hydrogen-bond donors (Lipinski definition) is 3. The van der Waals surface area contributed by atoms with Crippen LogP contribution in [0, 0.1) is 0 Å². The number of halogens is 3. The minimum absolute atomic E-state index is 0.112. The highest BCUT2D eigenvalue weighted by atomic mass is 19.4. The molecule has 2 aliphatic heterocycles. The van der Waals surface area contributed by atoms with E-state index in [2.05, 4.69) is 15.5 Å². The summed E-state index contributed by atoms with van der Waals surface area (Å²) in [6.45, 7) is 3.68. The number of nitrogens with one attached hydrogen (secondary N) is 2. The van der Waals surface area contributed by atoms with E-state index in [1.54, 1.807) is 28.1 Å². The van der Waals surface area contributed by atoms with Crippen LogP contribution in [0.15, 0.2) is 54.2 Å². The van der Waals surface area contributed by atoms with Gasteiger partial charge in [0.25, 0.3) is 5.91 Å². The second-order valence-corrected chi connectivity index (χ2v) is 8.55. The van der Waals surface area contributed by atoms with Crippen LogP contribution in [0.1, 0.15) is 41.4 Å². The van der Waals surface area contributed by atoms with Gasteiger partial charge >= 0.3 is 12.3 Å². The number of nitrogens with zero attached hydrogens (tertiary/aromatic N) is 2. The third kappa shape index (κ3) is 5.43. The van der Waals surface area contributed by atoms with Crippen LogP contribution in [0.3, 0.4) is 0 Å². The molecule has 2 amide bonds. The molecular formula is C24H23F3N4O5. The molecule has 2 aromatic rings. The van der Waals surface area contributed by atoms with E-state index in [1.807, 2.05) is 6.92 Å². The highest BCUT2D eigenvalue weighted by Crippen LogP contribution is 2.36. The predicted molar refractivity (Wildman–Crippen MR) is 122 cm³/mol. The van der Waals surface area contributed by atoms with E-state index in [0.29, 0.717) is 23.4 Å². The number of aromatic carboxylic acids is 1. The van der Waals surface area contributed by atoms with Crippen LogP contribution < -0.4 is 15.5 Å². The lowest BCUT2D eigenvalue weighted by Crippen LogP contribution is -2.55. The number of hydrazine groups is 1. The van der Waals surface area contributed by atoms with Crippen LogP contribution in [0.4, 0.5) is 18.9 Å². The minimum atomic E-state index is -4.89. The third-order valence-electron chi connectivity index (χ3n) is 5.75. The molecule has 0 radical (unpaired) electrons. The second-order valence-electron chi connectivity index (χ2n) is 8.55. The van der Waals surface area contributed by atoms with E-state index in [9.17, 15) is 32.7 Å². The Morgan fingerprint density at radius 3 is 2.64 bits per heavy atom. The summed E-state index contributed by atoms with van der Waals surface area (Å²) in [5.74, 6) is -2.32. The number of alkyl halides is 3. The van der Waals surface area contributed by atoms with Crippen molar-refractivity contribution in [2.24, 2.45) is 0 Å². The molecule has 0 bridgehead atoms. The normalized spacial score (nSPS) is 19.6. The van der Waals surface area contributed by atoms with Crippen LogP contribution in [0.25, 0.3) is 0 Å². The van der Waals surface area contributed by atoms with Gasteiger partial charge in [-0.25, -0.2) is 10.2 Å². The standard InChI is InChI=1S/C24H23F3N4O5/c1-13-11-30(12-15-4-3-5-16(8-15)23(34)35)22(33)21-10-20(29-31(13)21)18-7-6-17(36-24(25,26)27)9-19(18)28-14(2)32/h3-10,13,20,29H,11-12H2,1-2H3,(H,28,32)(H,34,35). The number of rotatable bonds is 6. The molecule has 0 spiro atoms. The Morgan fingerprint density at radius 1 is 1.22 bits per heavy atom. The molecule has 4 rings (SSSR count). The van der Waals surface area contributed by atoms with E-state index < -0.39 is 30.0 Å². The van der Waals surface area contributed by atoms with E-state index in [0.717, 1.165) is 12.1 Å². The minimum Gasteiger partial charge on any atom is -0.478 e. The smallest absolute Gasteiger partial charge is 0.478 e. The Balaban J connectivity index is 1.60. The maximum atomic E-state index is 13.3. The van der Waals surface area contributed by atoms with Crippen molar-refractivity contribution in [2.75, 3.05) is 11.9 Å². The van der Waals surface area contributed by atoms with Crippen molar-refractivity contribution in [1.29, 1.82) is 0 Å². The van der Waals surface area contributed by atoms with Gasteiger partial charge in [0, 0.05) is 31.8 Å². The van der Waals surface area contributed by atoms with Gasteiger partial charge in [0.2, 0.25) is 5.91 Å². The number of carbonyl (C=O) groups is 3. The summed E-state index contributed by atoms with van der Waals surface area (Å²) in [5, 5.41) is 13.4. The summed E-state index contributed by atoms with van der Waals surface area (Å²) < 4.78 is 42.0. The first-order valence-corrected chi connectivity index (χ1v) is 11.0. The summed E-state index contributed by atoms with van der Waals surface area (Å²) in [5.41, 5.74) is 4.87. The number of anilines is 1. The average molecular weight is 504 g/mol. The zero-order valence-corrected chi connectivity index (χ0v) is 19.3. The number of fused-ring (bicyclic) bond motifs is 1. The predicted octanol–water partition coefficient (Wildman–Crippen LogP) is 3.42. The van der Waals surface area contributed by atoms with Crippen molar-refractivity contribution in [3.05, 3.63) is 70.9 Å². The van der Waals surface area contributed by atoms with Crippen molar-refractivity contribution >= 4 is 23.5 Å². The molecule has 190 valence electrons. The highest BCUT2D eigenvalue weighted by Gasteiger charge is 2.40. The fourth-order valence-corrected chi connectivity index (χ4v) is 4.30. The Kier molecular flexibility index (Phi) is 6.63. The number of carboxylic acid groups (broad SMARTS) is 1. The molecule has 0 aliphatic carbocycles. The maximum Gasteiger partial charge on any atom is 0.573 e. The van der Waals surface area contributed by atoms with Crippen molar-refractivity contribution in [1.82, 2.24) is 15.3 Å². The first kappa shape index (κ1) is 25.0. The lowest BCUT2D eigenvalue weighted by atomic mass is 10.0. The van der Waals surface area contributed by atoms with Crippen molar-refractivity contribution in [3.8, 4) is 5.75 Å². The Morgan fingerprint density at radius 2 is 1.97 bits per heavy atom. The molecule has 2 atom stereocenters. The zero-order valence-electron chi connectivity index (χ0n) is 19.3. The first-order valence-electron chi connectivity index (χ1n) is 11.0. The molecule has 2 heterocycles. The van der Waals surface area contributed by atoms with E-state index in [1.165, 1.54) is 25.1 Å². The number of hydrogen-bond acceptors (Lipinski definition) is 6. The highest BCUT2D eigenvalue weighted by molar-refractivity contribution is 5.95. The van der Waals surface area contributed by atoms with Gasteiger partial charge in [-0.1, -0.05) is 18.2 Å². The Hall–Kier alpha value is -4.06. The van der Waals surface area contributed by atoms with E-state index in [4.69, 9.17) is 0 Å². The van der Waals surface area contributed by atoms with Crippen LogP contribution >= 0.6 is 0 Å². The summed E-state index contributed by atoms with van der Waals surface area (Å²) >= 11 is 0. The van der Waals surface area contributed by atoms with Gasteiger partial charge in [-0.05, 0) is 42.3 Å². The zero-order chi connectivity index (χ0) is 26.2. The van der Waals surface area contributed by atoms with Gasteiger partial charge in [-0.15, -0.1) is 13.2 Å². The molecule has 36 heavy (non-hydrogen) atoms. The van der Waals surface area contributed by atoms with Gasteiger partial charge in [-0.2, -0.15) is 0 Å². The molecule has 2 aliphatic rings. The lowest BCUT2D eigenvalue weighted by molar-refractivity contribution is -0.274. The SMILES string of the molecule is CC(=O)Nc1cc(OC(F)(F)F)ccc1C1C=C2C(=O)N(Cc3cccc(C(=O)O)c3)CC(C)N2N1. The number of amides is 2. The summed E-state index contributed by atoms with van der Waals surface area (Å²) in [6.07, 6.45) is -3.25. The summed E-state index contributed by atoms with van der Waals surface area (Å²) in [4.78, 5) is 37.8. The lowest BCUT2D eigenvalue weighted by Gasteiger charge is -2.40. The second kappa shape index (κ2) is 9.53. The first-order chi connectivity index (χ1) is 16.9. The van der Waals surface area contributed by atoms with Crippen molar-refractivity contribution in [2.45, 2.75) is 38.8 Å². The van der Waals surface area contributed by atoms with Gasteiger partial charge in [0.15, 0.2) is 0 Å². The van der Waals surface area contributed by atoms with Gasteiger partial charge in [0.05, 0.1) is 17.6 Å². The van der Waals surface area contributed by atoms with Crippen LogP contribution in [-0.4, -0.2) is 51.7 Å². The molecule has 1 saturated heterocycles. The molecular weight excluding hydrogens is 481 g/mol. The van der Waals surface area contributed by atoms with Crippen LogP contribution in [0.2, 0.25) is 0 Å². The molecule has 12 heteroatoms. The number of ether oxygens (including phenoxy) is 1. The molecule has 2 unspecified atom stereocenters. The van der Waals surface area contributed by atoms with Gasteiger partial charge < -0.3 is 20.1 Å². The fourth-order valence-electron chi connectivity index (χ4n) is 4.30.